The summed E-state index contributed by atoms with van der Waals surface area (Å²) in [6, 6.07) is 3.47. The van der Waals surface area contributed by atoms with E-state index in [1.807, 2.05) is 6.92 Å². The summed E-state index contributed by atoms with van der Waals surface area (Å²) in [5, 5.41) is 10.4. The highest BCUT2D eigenvalue weighted by atomic mass is 32.2. The molecule has 0 fully saturated rings. The van der Waals surface area contributed by atoms with Crippen LogP contribution in [-0.4, -0.2) is 22.8 Å². The van der Waals surface area contributed by atoms with E-state index >= 15 is 0 Å². The van der Waals surface area contributed by atoms with Crippen LogP contribution < -0.4 is 10.5 Å². The monoisotopic (exact) mass is 304 g/mol. The predicted octanol–water partition coefficient (Wildman–Crippen LogP) is 2.45. The second kappa shape index (κ2) is 6.49. The van der Waals surface area contributed by atoms with Crippen molar-refractivity contribution in [1.29, 1.82) is 0 Å². The van der Waals surface area contributed by atoms with Gasteiger partial charge in [-0.05, 0) is 48.9 Å². The largest absolute Gasteiger partial charge is 0.504 e. The summed E-state index contributed by atoms with van der Waals surface area (Å²) in [5.74, 6) is 0.127. The Balaban J connectivity index is 2.42. The summed E-state index contributed by atoms with van der Waals surface area (Å²) in [6.45, 7) is 5.94. The number of aromatic hydroxyl groups is 1. The Labute approximate surface area is 127 Å². The molecular formula is C15H16N2O3S. The van der Waals surface area contributed by atoms with E-state index in [0.717, 1.165) is 17.3 Å². The molecule has 0 saturated carbocycles. The van der Waals surface area contributed by atoms with Crippen LogP contribution in [0.1, 0.15) is 18.1 Å². The number of benzene rings is 1. The van der Waals surface area contributed by atoms with E-state index < -0.39 is 0 Å². The molecule has 0 bridgehead atoms. The Morgan fingerprint density at radius 1 is 1.52 bits per heavy atom. The van der Waals surface area contributed by atoms with Crippen LogP contribution in [0, 0.1) is 0 Å². The summed E-state index contributed by atoms with van der Waals surface area (Å²) < 4.78 is 5.42. The minimum atomic E-state index is -0.353. The quantitative estimate of drug-likeness (QED) is 0.644. The number of nitrogens with two attached hydrogens (primary N) is 1. The number of allylic oxidation sites excluding steroid dienone is 1. The molecular weight excluding hydrogens is 288 g/mol. The van der Waals surface area contributed by atoms with Gasteiger partial charge in [-0.15, -0.1) is 6.58 Å². The number of aliphatic imine (C=N–C) groups is 1. The molecule has 1 aliphatic heterocycles. The number of phenolic OH excluding ortho intramolecular Hbond substituents is 1. The first-order valence-corrected chi connectivity index (χ1v) is 7.24. The summed E-state index contributed by atoms with van der Waals surface area (Å²) in [4.78, 5) is 15.7. The second-order valence-electron chi connectivity index (χ2n) is 4.32. The van der Waals surface area contributed by atoms with Crippen LogP contribution in [0.15, 0.2) is 34.7 Å². The van der Waals surface area contributed by atoms with E-state index in [0.29, 0.717) is 29.2 Å². The molecule has 6 heteroatoms. The van der Waals surface area contributed by atoms with Gasteiger partial charge < -0.3 is 15.6 Å². The highest BCUT2D eigenvalue weighted by molar-refractivity contribution is 8.18. The van der Waals surface area contributed by atoms with Crippen molar-refractivity contribution in [3.63, 3.8) is 0 Å². The average molecular weight is 304 g/mol. The van der Waals surface area contributed by atoms with Gasteiger partial charge in [0, 0.05) is 5.56 Å². The number of hydrogen-bond donors (Lipinski definition) is 2. The molecule has 5 nitrogen and oxygen atoms in total. The van der Waals surface area contributed by atoms with Crippen LogP contribution >= 0.6 is 11.8 Å². The third-order valence-electron chi connectivity index (χ3n) is 2.78. The fourth-order valence-corrected chi connectivity index (χ4v) is 2.61. The van der Waals surface area contributed by atoms with Gasteiger partial charge in [0.05, 0.1) is 11.5 Å². The number of carbonyl (C=O) groups excluding carboxylic acids is 1. The molecule has 0 spiro atoms. The Bertz CT molecular complexity index is 651. The van der Waals surface area contributed by atoms with Crippen molar-refractivity contribution < 1.29 is 14.6 Å². The average Bonchev–Trinajstić information content (AvgIpc) is 2.74. The maximum absolute atomic E-state index is 11.6. The molecule has 1 aromatic carbocycles. The lowest BCUT2D eigenvalue weighted by Crippen LogP contribution is -2.01. The molecule has 110 valence electrons. The van der Waals surface area contributed by atoms with Crippen molar-refractivity contribution in [1.82, 2.24) is 0 Å². The number of ether oxygens (including phenoxy) is 1. The van der Waals surface area contributed by atoms with Crippen molar-refractivity contribution >= 4 is 28.9 Å². The first-order chi connectivity index (χ1) is 10.0. The zero-order valence-corrected chi connectivity index (χ0v) is 12.4. The van der Waals surface area contributed by atoms with E-state index in [9.17, 15) is 9.90 Å². The molecule has 0 unspecified atom stereocenters. The number of rotatable bonds is 5. The van der Waals surface area contributed by atoms with Crippen molar-refractivity contribution in [2.45, 2.75) is 13.3 Å². The maximum Gasteiger partial charge on any atom is 0.286 e. The topological polar surface area (TPSA) is 84.9 Å². The third-order valence-corrected chi connectivity index (χ3v) is 3.59. The van der Waals surface area contributed by atoms with Crippen LogP contribution in [-0.2, 0) is 11.2 Å². The van der Waals surface area contributed by atoms with Crippen molar-refractivity contribution in [2.24, 2.45) is 10.7 Å². The number of hydrogen-bond acceptors (Lipinski definition) is 5. The highest BCUT2D eigenvalue weighted by Gasteiger charge is 2.20. The molecule has 0 atom stereocenters. The van der Waals surface area contributed by atoms with Crippen molar-refractivity contribution in [2.75, 3.05) is 6.61 Å². The normalized spacial score (nSPS) is 16.1. The summed E-state index contributed by atoms with van der Waals surface area (Å²) in [5.41, 5.74) is 6.95. The molecule has 1 amide bonds. The number of amidine groups is 1. The summed E-state index contributed by atoms with van der Waals surface area (Å²) in [6.07, 6.45) is 3.88. The number of amides is 1. The Kier molecular flexibility index (Phi) is 4.70. The van der Waals surface area contributed by atoms with Gasteiger partial charge in [-0.1, -0.05) is 6.08 Å². The SMILES string of the molecule is C=CCc1cc(C=C2SC(N)=NC2=O)cc(OCC)c1O. The fraction of sp³-hybridized carbons (Fsp3) is 0.200. The molecule has 0 aromatic heterocycles. The molecule has 21 heavy (non-hydrogen) atoms. The predicted molar refractivity (Wildman–Crippen MR) is 85.4 cm³/mol. The smallest absolute Gasteiger partial charge is 0.286 e. The van der Waals surface area contributed by atoms with Gasteiger partial charge in [0.2, 0.25) is 0 Å². The van der Waals surface area contributed by atoms with Crippen LogP contribution in [0.25, 0.3) is 6.08 Å². The van der Waals surface area contributed by atoms with Gasteiger partial charge in [-0.3, -0.25) is 4.79 Å². The Morgan fingerprint density at radius 2 is 2.29 bits per heavy atom. The second-order valence-corrected chi connectivity index (χ2v) is 5.38. The van der Waals surface area contributed by atoms with Gasteiger partial charge in [0.1, 0.15) is 0 Å². The van der Waals surface area contributed by atoms with Crippen LogP contribution in [0.2, 0.25) is 0 Å². The zero-order valence-electron chi connectivity index (χ0n) is 11.6. The van der Waals surface area contributed by atoms with E-state index in [1.54, 1.807) is 24.3 Å². The van der Waals surface area contributed by atoms with E-state index in [4.69, 9.17) is 10.5 Å². The van der Waals surface area contributed by atoms with Crippen LogP contribution in [0.4, 0.5) is 0 Å². The van der Waals surface area contributed by atoms with Gasteiger partial charge in [0.25, 0.3) is 5.91 Å². The summed E-state index contributed by atoms with van der Waals surface area (Å²) in [7, 11) is 0. The number of carbonyl (C=O) groups is 1. The van der Waals surface area contributed by atoms with Gasteiger partial charge in [-0.2, -0.15) is 4.99 Å². The third kappa shape index (κ3) is 3.46. The molecule has 0 aliphatic carbocycles. The van der Waals surface area contributed by atoms with Gasteiger partial charge in [0.15, 0.2) is 16.7 Å². The van der Waals surface area contributed by atoms with Gasteiger partial charge in [-0.25, -0.2) is 0 Å². The molecule has 1 aromatic rings. The highest BCUT2D eigenvalue weighted by Crippen LogP contribution is 2.34. The van der Waals surface area contributed by atoms with E-state index in [1.165, 1.54) is 0 Å². The molecule has 0 saturated heterocycles. The van der Waals surface area contributed by atoms with Crippen LogP contribution in [0.5, 0.6) is 11.5 Å². The van der Waals surface area contributed by atoms with Crippen molar-refractivity contribution in [3.8, 4) is 11.5 Å². The minimum absolute atomic E-state index is 0.0973. The zero-order chi connectivity index (χ0) is 15.4. The van der Waals surface area contributed by atoms with Gasteiger partial charge >= 0.3 is 0 Å². The number of phenols is 1. The first-order valence-electron chi connectivity index (χ1n) is 6.42. The van der Waals surface area contributed by atoms with E-state index in [2.05, 4.69) is 11.6 Å². The van der Waals surface area contributed by atoms with E-state index in [-0.39, 0.29) is 16.8 Å². The number of thioether (sulfide) groups is 1. The lowest BCUT2D eigenvalue weighted by Gasteiger charge is -2.11. The Hall–Kier alpha value is -2.21. The summed E-state index contributed by atoms with van der Waals surface area (Å²) >= 11 is 1.13. The van der Waals surface area contributed by atoms with Crippen LogP contribution in [0.3, 0.4) is 0 Å². The molecule has 3 N–H and O–H groups in total. The lowest BCUT2D eigenvalue weighted by molar-refractivity contribution is -0.113. The fourth-order valence-electron chi connectivity index (χ4n) is 1.93. The molecule has 0 radical (unpaired) electrons. The standard InChI is InChI=1S/C15H16N2O3S/c1-3-5-10-6-9(7-11(13(10)18)20-4-2)8-12-14(19)17-15(16)21-12/h3,6-8,18H,1,4-5H2,2H3,(H2,16,17,19). The first kappa shape index (κ1) is 15.2. The van der Waals surface area contributed by atoms with Crippen molar-refractivity contribution in [3.05, 3.63) is 40.8 Å². The lowest BCUT2D eigenvalue weighted by atomic mass is 10.1. The Morgan fingerprint density at radius 3 is 2.86 bits per heavy atom. The minimum Gasteiger partial charge on any atom is -0.504 e. The number of nitrogens with zero attached hydrogens (tertiary/aromatic N) is 1. The molecule has 1 heterocycles. The molecule has 1 aliphatic rings. The maximum atomic E-state index is 11.6. The molecule has 2 rings (SSSR count).